The van der Waals surface area contributed by atoms with Gasteiger partial charge in [0.05, 0.1) is 52.1 Å². The van der Waals surface area contributed by atoms with Crippen LogP contribution in [0.3, 0.4) is 0 Å². The number of aromatic nitrogens is 4. The molecule has 2 heterocycles. The lowest BCUT2D eigenvalue weighted by molar-refractivity contribution is 0.202. The number of halogens is 2. The molecule has 0 amide bonds. The molecule has 8 nitrogen and oxygen atoms in total. The first-order valence-electron chi connectivity index (χ1n) is 12.9. The van der Waals surface area contributed by atoms with Crippen LogP contribution in [0.2, 0.25) is 5.02 Å². The van der Waals surface area contributed by atoms with E-state index in [2.05, 4.69) is 32.0 Å². The molecule has 200 valence electrons. The van der Waals surface area contributed by atoms with Gasteiger partial charge in [-0.05, 0) is 48.1 Å². The third-order valence-corrected chi connectivity index (χ3v) is 7.64. The first-order valence-corrected chi connectivity index (χ1v) is 13.3. The number of rotatable bonds is 8. The van der Waals surface area contributed by atoms with Crippen LogP contribution in [0.25, 0.3) is 10.9 Å². The van der Waals surface area contributed by atoms with Gasteiger partial charge < -0.3 is 15.7 Å². The molecule has 0 bridgehead atoms. The molecule has 1 aliphatic carbocycles. The summed E-state index contributed by atoms with van der Waals surface area (Å²) in [5, 5.41) is 36.8. The minimum absolute atomic E-state index is 0.122. The van der Waals surface area contributed by atoms with E-state index < -0.39 is 5.44 Å². The van der Waals surface area contributed by atoms with Gasteiger partial charge in [0.2, 0.25) is 0 Å². The predicted molar refractivity (Wildman–Crippen MR) is 153 cm³/mol. The van der Waals surface area contributed by atoms with Gasteiger partial charge >= 0.3 is 0 Å². The highest BCUT2D eigenvalue weighted by Gasteiger charge is 2.35. The smallest absolute Gasteiger partial charge is 0.148 e. The summed E-state index contributed by atoms with van der Waals surface area (Å²) in [5.41, 5.74) is 2.35. The Morgan fingerprint density at radius 3 is 2.59 bits per heavy atom. The van der Waals surface area contributed by atoms with E-state index in [0.29, 0.717) is 44.6 Å². The number of hydrogen-bond acceptors (Lipinski definition) is 7. The second kappa shape index (κ2) is 10.1. The minimum atomic E-state index is -0.884. The highest BCUT2D eigenvalue weighted by atomic mass is 35.5. The molecule has 1 saturated carbocycles. The number of aliphatic hydroxyl groups is 1. The van der Waals surface area contributed by atoms with Crippen molar-refractivity contribution in [3.8, 4) is 6.07 Å². The SMILES string of the molecule is BC(Nc1cc(Cl)c2ncc(C#N)c(N[C@H](CO)C(C)(C)C)c2c1)(c1ccc(F)cc1)c1cn(C2CC2)nn1. The largest absolute Gasteiger partial charge is 0.394 e. The Hall–Kier alpha value is -3.68. The number of nitrogens with one attached hydrogen (secondary N) is 2. The third kappa shape index (κ3) is 5.29. The number of aliphatic hydroxyl groups excluding tert-OH is 1. The quantitative estimate of drug-likeness (QED) is 0.278. The number of hydrogen-bond donors (Lipinski definition) is 3. The Bertz CT molecular complexity index is 1560. The maximum Gasteiger partial charge on any atom is 0.148 e. The fourth-order valence-electron chi connectivity index (χ4n) is 4.66. The molecule has 0 spiro atoms. The molecule has 0 aliphatic heterocycles. The Morgan fingerprint density at radius 2 is 1.97 bits per heavy atom. The average Bonchev–Trinajstić information content (AvgIpc) is 3.62. The molecule has 2 aromatic heterocycles. The normalized spacial score (nSPS) is 15.9. The maximum absolute atomic E-state index is 13.9. The molecule has 1 fully saturated rings. The number of nitriles is 1. The van der Waals surface area contributed by atoms with E-state index in [9.17, 15) is 14.8 Å². The van der Waals surface area contributed by atoms with Gasteiger partial charge in [-0.1, -0.05) is 49.7 Å². The Kier molecular flexibility index (Phi) is 6.99. The fourth-order valence-corrected chi connectivity index (χ4v) is 4.93. The van der Waals surface area contributed by atoms with E-state index in [4.69, 9.17) is 11.6 Å². The van der Waals surface area contributed by atoms with Gasteiger partial charge in [0.15, 0.2) is 0 Å². The lowest BCUT2D eigenvalue weighted by atomic mass is 9.69. The van der Waals surface area contributed by atoms with Crippen molar-refractivity contribution in [1.29, 1.82) is 5.26 Å². The van der Waals surface area contributed by atoms with Crippen LogP contribution in [0.1, 0.15) is 56.5 Å². The van der Waals surface area contributed by atoms with Gasteiger partial charge in [-0.2, -0.15) is 5.26 Å². The summed E-state index contributed by atoms with van der Waals surface area (Å²) >= 11 is 6.74. The van der Waals surface area contributed by atoms with Crippen LogP contribution in [-0.4, -0.2) is 45.6 Å². The topological polar surface area (TPSA) is 112 Å². The predicted octanol–water partition coefficient (Wildman–Crippen LogP) is 4.59. The van der Waals surface area contributed by atoms with Crippen LogP contribution in [0.4, 0.5) is 15.8 Å². The summed E-state index contributed by atoms with van der Waals surface area (Å²) < 4.78 is 15.7. The van der Waals surface area contributed by atoms with Crippen LogP contribution in [0.15, 0.2) is 48.8 Å². The van der Waals surface area contributed by atoms with E-state index >= 15 is 0 Å². The van der Waals surface area contributed by atoms with Crippen molar-refractivity contribution in [3.05, 3.63) is 76.5 Å². The van der Waals surface area contributed by atoms with Crippen molar-refractivity contribution >= 4 is 41.7 Å². The summed E-state index contributed by atoms with van der Waals surface area (Å²) in [6.45, 7) is 5.92. The second-order valence-corrected chi connectivity index (χ2v) is 11.7. The molecule has 1 aliphatic rings. The number of benzene rings is 2. The van der Waals surface area contributed by atoms with Crippen LogP contribution in [0, 0.1) is 22.6 Å². The standard InChI is InChI=1S/C28H30BClFN7O/c1-27(2,3)24(15-39)34-25-16(12-32)13-33-26-21(25)10-19(11-22(26)30)35-28(29,17-4-6-18(31)7-5-17)23-14-38(37-36-23)20-8-9-20/h4-7,10-11,13-14,20,24,35,39H,8-9,15,29H2,1-3H3,(H,33,34)/t24-,28?/m1/s1. The minimum Gasteiger partial charge on any atom is -0.394 e. The van der Waals surface area contributed by atoms with Crippen molar-refractivity contribution in [2.75, 3.05) is 17.2 Å². The summed E-state index contributed by atoms with van der Waals surface area (Å²) in [5.74, 6) is -0.334. The second-order valence-electron chi connectivity index (χ2n) is 11.3. The Morgan fingerprint density at radius 1 is 1.26 bits per heavy atom. The van der Waals surface area contributed by atoms with Gasteiger partial charge in [-0.15, -0.1) is 5.10 Å². The number of anilines is 2. The zero-order valence-electron chi connectivity index (χ0n) is 22.3. The molecule has 1 unspecified atom stereocenters. The summed E-state index contributed by atoms with van der Waals surface area (Å²) in [6.07, 6.45) is 5.54. The molecule has 0 radical (unpaired) electrons. The zero-order valence-corrected chi connectivity index (χ0v) is 23.1. The van der Waals surface area contributed by atoms with Crippen molar-refractivity contribution in [2.24, 2.45) is 5.41 Å². The fraction of sp³-hybridized carbons (Fsp3) is 0.357. The van der Waals surface area contributed by atoms with E-state index in [1.54, 1.807) is 18.2 Å². The van der Waals surface area contributed by atoms with Gasteiger partial charge in [0.1, 0.15) is 25.4 Å². The molecular weight excluding hydrogens is 516 g/mol. The van der Waals surface area contributed by atoms with E-state index in [1.807, 2.05) is 45.6 Å². The molecular formula is C28H30BClFN7O. The van der Waals surface area contributed by atoms with E-state index in [-0.39, 0.29) is 23.9 Å². The first-order chi connectivity index (χ1) is 18.5. The molecule has 0 saturated heterocycles. The van der Waals surface area contributed by atoms with Crippen LogP contribution in [-0.2, 0) is 5.44 Å². The van der Waals surface area contributed by atoms with Gasteiger partial charge in [-0.3, -0.25) is 4.98 Å². The first kappa shape index (κ1) is 26.9. The number of pyridine rings is 1. The van der Waals surface area contributed by atoms with Crippen LogP contribution < -0.4 is 10.6 Å². The maximum atomic E-state index is 13.9. The molecule has 11 heteroatoms. The summed E-state index contributed by atoms with van der Waals surface area (Å²) in [6, 6.07) is 12.2. The number of fused-ring (bicyclic) bond motifs is 1. The average molecular weight is 546 g/mol. The zero-order chi connectivity index (χ0) is 27.9. The molecule has 3 N–H and O–H groups in total. The lowest BCUT2D eigenvalue weighted by Crippen LogP contribution is -2.38. The summed E-state index contributed by atoms with van der Waals surface area (Å²) in [4.78, 5) is 4.45. The van der Waals surface area contributed by atoms with Gasteiger partial charge in [0, 0.05) is 17.3 Å². The van der Waals surface area contributed by atoms with Crippen molar-refractivity contribution in [2.45, 2.75) is 51.1 Å². The Balaban J connectivity index is 1.63. The van der Waals surface area contributed by atoms with Gasteiger partial charge in [0.25, 0.3) is 0 Å². The molecule has 5 rings (SSSR count). The monoisotopic (exact) mass is 545 g/mol. The molecule has 2 atom stereocenters. The van der Waals surface area contributed by atoms with Crippen molar-refractivity contribution in [3.63, 3.8) is 0 Å². The van der Waals surface area contributed by atoms with E-state index in [1.165, 1.54) is 18.3 Å². The van der Waals surface area contributed by atoms with Crippen molar-refractivity contribution in [1.82, 2.24) is 20.0 Å². The Labute approximate surface area is 232 Å². The third-order valence-electron chi connectivity index (χ3n) is 7.35. The molecule has 39 heavy (non-hydrogen) atoms. The highest BCUT2D eigenvalue weighted by molar-refractivity contribution is 6.36. The van der Waals surface area contributed by atoms with Crippen LogP contribution >= 0.6 is 11.6 Å². The highest BCUT2D eigenvalue weighted by Crippen LogP contribution is 2.39. The lowest BCUT2D eigenvalue weighted by Gasteiger charge is -2.32. The number of nitrogens with zero attached hydrogens (tertiary/aromatic N) is 5. The van der Waals surface area contributed by atoms with Crippen LogP contribution in [0.5, 0.6) is 0 Å². The molecule has 2 aromatic carbocycles. The van der Waals surface area contributed by atoms with Crippen molar-refractivity contribution < 1.29 is 9.50 Å². The summed E-state index contributed by atoms with van der Waals surface area (Å²) in [7, 11) is 1.96. The van der Waals surface area contributed by atoms with E-state index in [0.717, 1.165) is 18.4 Å². The molecule has 4 aromatic rings. The van der Waals surface area contributed by atoms with Gasteiger partial charge in [-0.25, -0.2) is 9.07 Å².